The Hall–Kier alpha value is -4.33. The summed E-state index contributed by atoms with van der Waals surface area (Å²) in [5.74, 6) is -1.83. The number of rotatable bonds is 7. The van der Waals surface area contributed by atoms with E-state index in [1.54, 1.807) is 42.5 Å². The SMILES string of the molecule is Cc1c(NC(=O)COC(=O)c2ccccc2C(=O)c2ccccc2)cccc1[N+](=O)[O-]. The van der Waals surface area contributed by atoms with Crippen LogP contribution in [0.2, 0.25) is 0 Å². The Kier molecular flexibility index (Phi) is 6.51. The van der Waals surface area contributed by atoms with E-state index in [1.807, 2.05) is 0 Å². The molecule has 0 aliphatic heterocycles. The fraction of sp³-hybridized carbons (Fsp3) is 0.0870. The molecular weight excluding hydrogens is 400 g/mol. The van der Waals surface area contributed by atoms with Crippen LogP contribution in [0.1, 0.15) is 31.8 Å². The van der Waals surface area contributed by atoms with Gasteiger partial charge in [-0.05, 0) is 19.1 Å². The van der Waals surface area contributed by atoms with E-state index < -0.39 is 23.4 Å². The number of nitrogens with one attached hydrogen (secondary N) is 1. The van der Waals surface area contributed by atoms with Crippen LogP contribution in [0.4, 0.5) is 11.4 Å². The maximum Gasteiger partial charge on any atom is 0.339 e. The lowest BCUT2D eigenvalue weighted by molar-refractivity contribution is -0.385. The lowest BCUT2D eigenvalue weighted by atomic mass is 9.98. The molecule has 0 aliphatic rings. The van der Waals surface area contributed by atoms with Crippen molar-refractivity contribution >= 4 is 29.0 Å². The first-order valence-electron chi connectivity index (χ1n) is 9.28. The monoisotopic (exact) mass is 418 g/mol. The number of esters is 1. The van der Waals surface area contributed by atoms with Crippen molar-refractivity contribution in [3.05, 3.63) is 105 Å². The van der Waals surface area contributed by atoms with Gasteiger partial charge in [-0.15, -0.1) is 0 Å². The van der Waals surface area contributed by atoms with Crippen molar-refractivity contribution in [1.82, 2.24) is 0 Å². The van der Waals surface area contributed by atoms with E-state index in [4.69, 9.17) is 4.74 Å². The molecule has 0 spiro atoms. The first kappa shape index (κ1) is 21.4. The van der Waals surface area contributed by atoms with Crippen LogP contribution in [0.5, 0.6) is 0 Å². The number of hydrogen-bond acceptors (Lipinski definition) is 6. The number of carbonyl (C=O) groups is 3. The van der Waals surface area contributed by atoms with Crippen LogP contribution in [0.25, 0.3) is 0 Å². The Morgan fingerprint density at radius 2 is 1.55 bits per heavy atom. The van der Waals surface area contributed by atoms with Crippen LogP contribution in [-0.2, 0) is 9.53 Å². The number of ether oxygens (including phenoxy) is 1. The Bertz CT molecular complexity index is 1160. The van der Waals surface area contributed by atoms with Gasteiger partial charge in [-0.1, -0.05) is 54.6 Å². The van der Waals surface area contributed by atoms with E-state index in [9.17, 15) is 24.5 Å². The first-order chi connectivity index (χ1) is 14.9. The van der Waals surface area contributed by atoms with Crippen LogP contribution >= 0.6 is 0 Å². The van der Waals surface area contributed by atoms with Gasteiger partial charge in [0.1, 0.15) is 0 Å². The molecule has 0 aliphatic carbocycles. The highest BCUT2D eigenvalue weighted by molar-refractivity contribution is 6.14. The van der Waals surface area contributed by atoms with Crippen LogP contribution < -0.4 is 5.32 Å². The molecule has 0 aromatic heterocycles. The molecule has 3 aromatic carbocycles. The Balaban J connectivity index is 1.69. The number of hydrogen-bond donors (Lipinski definition) is 1. The van der Waals surface area contributed by atoms with Crippen molar-refractivity contribution in [2.45, 2.75) is 6.92 Å². The molecule has 8 heteroatoms. The van der Waals surface area contributed by atoms with Gasteiger partial charge < -0.3 is 10.1 Å². The third-order valence-corrected chi connectivity index (χ3v) is 4.54. The van der Waals surface area contributed by atoms with E-state index in [0.29, 0.717) is 5.56 Å². The highest BCUT2D eigenvalue weighted by Gasteiger charge is 2.20. The number of anilines is 1. The smallest absolute Gasteiger partial charge is 0.339 e. The number of nitro benzene ring substituents is 1. The fourth-order valence-electron chi connectivity index (χ4n) is 2.96. The van der Waals surface area contributed by atoms with Gasteiger partial charge in [0.25, 0.3) is 11.6 Å². The average Bonchev–Trinajstić information content (AvgIpc) is 2.78. The molecule has 31 heavy (non-hydrogen) atoms. The normalized spacial score (nSPS) is 10.2. The topological polar surface area (TPSA) is 116 Å². The second kappa shape index (κ2) is 9.45. The molecule has 0 heterocycles. The van der Waals surface area contributed by atoms with Gasteiger partial charge in [-0.3, -0.25) is 19.7 Å². The van der Waals surface area contributed by atoms with E-state index in [0.717, 1.165) is 0 Å². The summed E-state index contributed by atoms with van der Waals surface area (Å²) >= 11 is 0. The van der Waals surface area contributed by atoms with E-state index in [2.05, 4.69) is 5.32 Å². The standard InChI is InChI=1S/C23H18N2O6/c1-15-19(12-7-13-20(15)25(29)30)24-21(26)14-31-23(28)18-11-6-5-10-17(18)22(27)16-8-3-2-4-9-16/h2-13H,14H2,1H3,(H,24,26). The minimum atomic E-state index is -0.828. The molecule has 0 unspecified atom stereocenters. The maximum absolute atomic E-state index is 12.7. The van der Waals surface area contributed by atoms with Crippen LogP contribution in [0.3, 0.4) is 0 Å². The second-order valence-electron chi connectivity index (χ2n) is 6.57. The molecule has 0 bridgehead atoms. The maximum atomic E-state index is 12.7. The van der Waals surface area contributed by atoms with Crippen molar-refractivity contribution in [3.63, 3.8) is 0 Å². The highest BCUT2D eigenvalue weighted by atomic mass is 16.6. The van der Waals surface area contributed by atoms with Gasteiger partial charge in [-0.2, -0.15) is 0 Å². The number of benzene rings is 3. The van der Waals surface area contributed by atoms with Crippen LogP contribution in [0, 0.1) is 17.0 Å². The number of nitrogens with zero attached hydrogens (tertiary/aromatic N) is 1. The zero-order valence-electron chi connectivity index (χ0n) is 16.5. The van der Waals surface area contributed by atoms with Gasteiger partial charge in [-0.25, -0.2) is 4.79 Å². The zero-order valence-corrected chi connectivity index (χ0v) is 16.5. The summed E-state index contributed by atoms with van der Waals surface area (Å²) in [6.07, 6.45) is 0. The van der Waals surface area contributed by atoms with Gasteiger partial charge in [0.15, 0.2) is 12.4 Å². The van der Waals surface area contributed by atoms with Crippen molar-refractivity contribution < 1.29 is 24.0 Å². The molecule has 1 N–H and O–H groups in total. The predicted octanol–water partition coefficient (Wildman–Crippen LogP) is 3.93. The summed E-state index contributed by atoms with van der Waals surface area (Å²) in [4.78, 5) is 47.9. The van der Waals surface area contributed by atoms with Gasteiger partial charge in [0, 0.05) is 17.2 Å². The molecule has 0 saturated carbocycles. The lowest BCUT2D eigenvalue weighted by Crippen LogP contribution is -2.22. The molecule has 1 amide bonds. The molecule has 3 aromatic rings. The quantitative estimate of drug-likeness (QED) is 0.269. The second-order valence-corrected chi connectivity index (χ2v) is 6.57. The van der Waals surface area contributed by atoms with Crippen molar-refractivity contribution in [2.75, 3.05) is 11.9 Å². The van der Waals surface area contributed by atoms with Gasteiger partial charge in [0.05, 0.1) is 21.7 Å². The first-order valence-corrected chi connectivity index (χ1v) is 9.28. The number of carbonyl (C=O) groups excluding carboxylic acids is 3. The van der Waals surface area contributed by atoms with Gasteiger partial charge >= 0.3 is 5.97 Å². The van der Waals surface area contributed by atoms with Crippen molar-refractivity contribution in [1.29, 1.82) is 0 Å². The fourth-order valence-corrected chi connectivity index (χ4v) is 2.96. The molecule has 0 atom stereocenters. The summed E-state index contributed by atoms with van der Waals surface area (Å²) in [5.41, 5.74) is 1.01. The minimum absolute atomic E-state index is 0.0377. The molecule has 156 valence electrons. The van der Waals surface area contributed by atoms with E-state index in [1.165, 1.54) is 37.3 Å². The van der Waals surface area contributed by atoms with E-state index >= 15 is 0 Å². The number of ketones is 1. The third kappa shape index (κ3) is 4.99. The summed E-state index contributed by atoms with van der Waals surface area (Å²) in [7, 11) is 0. The number of nitro groups is 1. The Morgan fingerprint density at radius 3 is 2.23 bits per heavy atom. The van der Waals surface area contributed by atoms with E-state index in [-0.39, 0.29) is 33.8 Å². The molecule has 0 saturated heterocycles. The predicted molar refractivity (Wildman–Crippen MR) is 113 cm³/mol. The summed E-state index contributed by atoms with van der Waals surface area (Å²) in [6.45, 7) is 0.889. The summed E-state index contributed by atoms with van der Waals surface area (Å²) in [6, 6.07) is 18.9. The largest absolute Gasteiger partial charge is 0.452 e. The highest BCUT2D eigenvalue weighted by Crippen LogP contribution is 2.25. The van der Waals surface area contributed by atoms with Gasteiger partial charge in [0.2, 0.25) is 0 Å². The molecule has 8 nitrogen and oxygen atoms in total. The van der Waals surface area contributed by atoms with Crippen LogP contribution in [0.15, 0.2) is 72.8 Å². The minimum Gasteiger partial charge on any atom is -0.452 e. The molecule has 0 fully saturated rings. The Labute approximate surface area is 177 Å². The van der Waals surface area contributed by atoms with Crippen LogP contribution in [-0.4, -0.2) is 29.2 Å². The number of amides is 1. The zero-order chi connectivity index (χ0) is 22.4. The third-order valence-electron chi connectivity index (χ3n) is 4.54. The molecule has 0 radical (unpaired) electrons. The van der Waals surface area contributed by atoms with Crippen molar-refractivity contribution in [3.8, 4) is 0 Å². The summed E-state index contributed by atoms with van der Waals surface area (Å²) in [5, 5.41) is 13.5. The molecular formula is C23H18N2O6. The summed E-state index contributed by atoms with van der Waals surface area (Å²) < 4.78 is 5.07. The Morgan fingerprint density at radius 1 is 0.903 bits per heavy atom. The van der Waals surface area contributed by atoms with Crippen molar-refractivity contribution in [2.24, 2.45) is 0 Å². The lowest BCUT2D eigenvalue weighted by Gasteiger charge is -2.11. The molecule has 3 rings (SSSR count). The average molecular weight is 418 g/mol.